The van der Waals surface area contributed by atoms with E-state index in [1.54, 1.807) is 30.3 Å². The molecule has 3 aliphatic rings. The minimum Gasteiger partial charge on any atom is -0.459 e. The van der Waals surface area contributed by atoms with Crippen LogP contribution < -0.4 is 9.47 Å². The highest BCUT2D eigenvalue weighted by Crippen LogP contribution is 2.62. The molecule has 7 aromatic rings. The number of nitriles is 1. The molecule has 1 aliphatic heterocycles. The average Bonchev–Trinajstić information content (AvgIpc) is 3.45. The number of aliphatic hydroxyl groups excluding tert-OH is 2. The van der Waals surface area contributed by atoms with Gasteiger partial charge in [-0.05, 0) is 131 Å². The number of nitrogens with zero attached hydrogens (tertiary/aromatic N) is 3. The number of hydrogen-bond acceptors (Lipinski definition) is 9. The summed E-state index contributed by atoms with van der Waals surface area (Å²) >= 11 is 0. The number of allylic oxidation sites excluding steroid dienone is 1. The van der Waals surface area contributed by atoms with Gasteiger partial charge in [0.2, 0.25) is 5.79 Å². The molecule has 6 unspecified atom stereocenters. The van der Waals surface area contributed by atoms with E-state index >= 15 is 4.79 Å². The molecule has 6 atom stereocenters. The molecule has 380 valence electrons. The van der Waals surface area contributed by atoms with Gasteiger partial charge in [0.05, 0.1) is 29.9 Å². The molecule has 10 rings (SSSR count). The lowest BCUT2D eigenvalue weighted by molar-refractivity contribution is -0.255. The Kier molecular flexibility index (Phi) is 16.0. The number of oxime groups is 1. The summed E-state index contributed by atoms with van der Waals surface area (Å²) in [5.74, 6) is -0.591. The second-order valence-electron chi connectivity index (χ2n) is 19.8. The van der Waals surface area contributed by atoms with E-state index in [1.165, 1.54) is 0 Å². The number of amides is 1. The van der Waals surface area contributed by atoms with Gasteiger partial charge < -0.3 is 34.2 Å². The number of carbonyl (C=O) groups is 1. The number of carbonyl (C=O) groups excluding carboxylic acids is 1. The number of benzene rings is 7. The average molecular weight is 998 g/mol. The van der Waals surface area contributed by atoms with Crippen LogP contribution in [0.15, 0.2) is 199 Å². The molecular weight excluding hydrogens is 935 g/mol. The van der Waals surface area contributed by atoms with Gasteiger partial charge in [-0.15, -0.1) is 6.58 Å². The Bertz CT molecular complexity index is 3180. The zero-order valence-electron chi connectivity index (χ0n) is 42.2. The Morgan fingerprint density at radius 3 is 2.23 bits per heavy atom. The fourth-order valence-electron chi connectivity index (χ4n) is 11.7. The summed E-state index contributed by atoms with van der Waals surface area (Å²) in [7, 11) is 0. The van der Waals surface area contributed by atoms with Crippen molar-refractivity contribution >= 4 is 22.4 Å². The second-order valence-corrected chi connectivity index (χ2v) is 19.8. The number of hydrogen-bond donors (Lipinski definition) is 2. The molecule has 7 aromatic carbocycles. The zero-order valence-corrected chi connectivity index (χ0v) is 42.2. The van der Waals surface area contributed by atoms with Crippen LogP contribution in [0.3, 0.4) is 0 Å². The molecule has 0 aromatic heterocycles. The highest BCUT2D eigenvalue weighted by Gasteiger charge is 2.65. The standard InChI is InChI=1S/C65H63N3O7/c1-2-38-72-65-61(68(64(71)50-28-26-45(42-66)27-29-50)43-52-23-15-22-49-20-9-10-24-55(49)52)41-59(67-73-44-46-16-5-3-6-17-46)57-39-51(21-11-13-36-69)56(25-12-14-37-70)62(63(57)65)58-40-54(34-35-60(58)75-65)74-53-32-30-48(31-33-53)47-18-7-4-8-19-47/h2-10,15-20,22-24,26-35,39-40,51,56,61-63,69-70H,1,11-14,21,25,36-38,41,43-44H2. The van der Waals surface area contributed by atoms with Crippen LogP contribution >= 0.6 is 0 Å². The van der Waals surface area contributed by atoms with E-state index in [4.69, 9.17) is 24.2 Å². The van der Waals surface area contributed by atoms with Crippen LogP contribution in [0.1, 0.15) is 83.5 Å². The number of unbranched alkanes of at least 4 members (excludes halogenated alkanes) is 2. The maximum Gasteiger partial charge on any atom is 0.254 e. The van der Waals surface area contributed by atoms with Crippen molar-refractivity contribution in [2.75, 3.05) is 19.8 Å². The summed E-state index contributed by atoms with van der Waals surface area (Å²) in [5, 5.41) is 37.3. The van der Waals surface area contributed by atoms with E-state index in [2.05, 4.69) is 73.3 Å². The summed E-state index contributed by atoms with van der Waals surface area (Å²) in [5.41, 5.74) is 7.54. The van der Waals surface area contributed by atoms with Crippen LogP contribution in [-0.2, 0) is 22.7 Å². The fraction of sp³-hybridized carbons (Fsp3) is 0.277. The zero-order chi connectivity index (χ0) is 51.6. The molecule has 1 fully saturated rings. The van der Waals surface area contributed by atoms with Crippen molar-refractivity contribution < 1.29 is 34.1 Å². The summed E-state index contributed by atoms with van der Waals surface area (Å²) < 4.78 is 21.7. The van der Waals surface area contributed by atoms with E-state index in [1.807, 2.05) is 95.9 Å². The second kappa shape index (κ2) is 23.6. The van der Waals surface area contributed by atoms with E-state index in [0.717, 1.165) is 69.8 Å². The third-order valence-corrected chi connectivity index (χ3v) is 15.2. The minimum atomic E-state index is -1.51. The monoisotopic (exact) mass is 997 g/mol. The van der Waals surface area contributed by atoms with E-state index < -0.39 is 17.7 Å². The van der Waals surface area contributed by atoms with Gasteiger partial charge >= 0.3 is 0 Å². The molecule has 2 N–H and O–H groups in total. The molecule has 0 radical (unpaired) electrons. The highest BCUT2D eigenvalue weighted by atomic mass is 16.7. The Labute approximate surface area is 439 Å². The van der Waals surface area contributed by atoms with Crippen molar-refractivity contribution in [2.45, 2.75) is 75.8 Å². The maximum atomic E-state index is 15.8. The molecule has 10 nitrogen and oxygen atoms in total. The first-order valence-electron chi connectivity index (χ1n) is 26.3. The number of ether oxygens (including phenoxy) is 3. The van der Waals surface area contributed by atoms with E-state index in [0.29, 0.717) is 46.9 Å². The molecule has 10 heteroatoms. The van der Waals surface area contributed by atoms with Crippen LogP contribution in [0.2, 0.25) is 0 Å². The Morgan fingerprint density at radius 1 is 0.787 bits per heavy atom. The van der Waals surface area contributed by atoms with Gasteiger partial charge in [-0.2, -0.15) is 5.26 Å². The van der Waals surface area contributed by atoms with Crippen LogP contribution in [0.5, 0.6) is 17.2 Å². The molecule has 1 heterocycles. The molecule has 0 bridgehead atoms. The van der Waals surface area contributed by atoms with Crippen LogP contribution in [0.4, 0.5) is 0 Å². The number of rotatable bonds is 21. The lowest BCUT2D eigenvalue weighted by atomic mass is 9.55. The highest BCUT2D eigenvalue weighted by molar-refractivity contribution is 6.03. The van der Waals surface area contributed by atoms with E-state index in [9.17, 15) is 15.5 Å². The van der Waals surface area contributed by atoms with Gasteiger partial charge in [0.15, 0.2) is 0 Å². The predicted molar refractivity (Wildman–Crippen MR) is 293 cm³/mol. The van der Waals surface area contributed by atoms with Crippen LogP contribution in [-0.4, -0.2) is 58.4 Å². The number of fused-ring (bicyclic) bond motifs is 3. The topological polar surface area (TPSA) is 134 Å². The lowest BCUT2D eigenvalue weighted by Gasteiger charge is -2.60. The SMILES string of the molecule is C=CCOC12Oc3ccc(Oc4ccc(-c5ccccc5)cc4)cc3C3C(CCCCO)C(CCCCO)C=C(C(=NOCc4ccccc4)CC1N(Cc1cccc4ccccc14)C(=O)c1ccc(C#N)cc1)C32. The summed E-state index contributed by atoms with van der Waals surface area (Å²) in [4.78, 5) is 24.1. The molecule has 75 heavy (non-hydrogen) atoms. The quantitative estimate of drug-likeness (QED) is 0.0413. The molecule has 0 saturated heterocycles. The molecular formula is C65H63N3O7. The first-order chi connectivity index (χ1) is 36.9. The van der Waals surface area contributed by atoms with E-state index in [-0.39, 0.29) is 63.1 Å². The van der Waals surface area contributed by atoms with Crippen molar-refractivity contribution in [3.05, 3.63) is 222 Å². The van der Waals surface area contributed by atoms with Crippen molar-refractivity contribution in [1.29, 1.82) is 5.26 Å². The molecule has 1 saturated carbocycles. The first kappa shape index (κ1) is 50.7. The van der Waals surface area contributed by atoms with Crippen LogP contribution in [0, 0.1) is 29.1 Å². The molecule has 0 spiro atoms. The van der Waals surface area contributed by atoms with Crippen molar-refractivity contribution in [3.8, 4) is 34.4 Å². The summed E-state index contributed by atoms with van der Waals surface area (Å²) in [6.07, 6.45) is 8.77. The van der Waals surface area contributed by atoms with Crippen LogP contribution in [0.25, 0.3) is 21.9 Å². The largest absolute Gasteiger partial charge is 0.459 e. The summed E-state index contributed by atoms with van der Waals surface area (Å²) in [6.45, 7) is 4.83. The predicted octanol–water partition coefficient (Wildman–Crippen LogP) is 13.3. The smallest absolute Gasteiger partial charge is 0.254 e. The van der Waals surface area contributed by atoms with Gasteiger partial charge in [0.1, 0.15) is 29.9 Å². The van der Waals surface area contributed by atoms with Gasteiger partial charge in [-0.1, -0.05) is 145 Å². The van der Waals surface area contributed by atoms with Gasteiger partial charge in [0.25, 0.3) is 5.91 Å². The van der Waals surface area contributed by atoms with Gasteiger partial charge in [-0.25, -0.2) is 0 Å². The molecule has 1 amide bonds. The fourth-order valence-corrected chi connectivity index (χ4v) is 11.7. The third kappa shape index (κ3) is 10.9. The van der Waals surface area contributed by atoms with Crippen molar-refractivity contribution in [3.63, 3.8) is 0 Å². The van der Waals surface area contributed by atoms with Gasteiger partial charge in [-0.3, -0.25) is 4.79 Å². The molecule has 2 aliphatic carbocycles. The number of aliphatic hydroxyl groups is 2. The lowest BCUT2D eigenvalue weighted by Crippen LogP contribution is -2.70. The normalized spacial score (nSPS) is 20.9. The Balaban J connectivity index is 1.17. The first-order valence-corrected chi connectivity index (χ1v) is 26.3. The van der Waals surface area contributed by atoms with Gasteiger partial charge in [0, 0.05) is 43.2 Å². The minimum absolute atomic E-state index is 0.00439. The summed E-state index contributed by atoms with van der Waals surface area (Å²) in [6, 6.07) is 56.8. The Hall–Kier alpha value is -7.81. The maximum absolute atomic E-state index is 15.8. The Morgan fingerprint density at radius 2 is 1.48 bits per heavy atom. The van der Waals surface area contributed by atoms with Crippen molar-refractivity contribution in [1.82, 2.24) is 4.90 Å². The third-order valence-electron chi connectivity index (χ3n) is 15.2. The van der Waals surface area contributed by atoms with Crippen molar-refractivity contribution in [2.24, 2.45) is 22.9 Å².